The predicted octanol–water partition coefficient (Wildman–Crippen LogP) is 5.51. The maximum absolute atomic E-state index is 13.1. The number of hydrogen-bond acceptors (Lipinski definition) is 5. The molecule has 0 aliphatic carbocycles. The van der Waals surface area contributed by atoms with E-state index in [1.54, 1.807) is 26.0 Å². The van der Waals surface area contributed by atoms with Gasteiger partial charge in [-0.25, -0.2) is 4.79 Å². The predicted molar refractivity (Wildman–Crippen MR) is 126 cm³/mol. The number of rotatable bonds is 9. The quantitative estimate of drug-likeness (QED) is 0.382. The van der Waals surface area contributed by atoms with E-state index < -0.39 is 23.3 Å². The minimum absolute atomic E-state index is 0.00133. The van der Waals surface area contributed by atoms with Gasteiger partial charge in [-0.3, -0.25) is 4.79 Å². The number of benzene rings is 2. The molecule has 0 saturated carbocycles. The first kappa shape index (κ1) is 24.9. The molecule has 3 rings (SSSR count). The van der Waals surface area contributed by atoms with Crippen molar-refractivity contribution in [2.24, 2.45) is 5.92 Å². The van der Waals surface area contributed by atoms with Crippen LogP contribution in [0.15, 0.2) is 48.5 Å². The maximum Gasteiger partial charge on any atom is 0.408 e. The Morgan fingerprint density at radius 1 is 1.15 bits per heavy atom. The highest BCUT2D eigenvalue weighted by atomic mass is 32.1. The highest BCUT2D eigenvalue weighted by molar-refractivity contribution is 7.21. The van der Waals surface area contributed by atoms with Crippen molar-refractivity contribution >= 4 is 42.5 Å². The molecule has 1 heterocycles. The molecular weight excluding hydrogens is 471 g/mol. The summed E-state index contributed by atoms with van der Waals surface area (Å²) in [5.41, 5.74) is -0.784. The standard InChI is InChI=1S/C23H24F2NO5PS/c1-13(2)22(3,21(28)29)26-20(27)19-18(16-6-4-5-7-17(16)33-19)30-12-14-8-10-15(11-9-14)31-23(24,25)32/h4-11,13H,12,32H2,1-3H3,(H,26,27)(H,28,29). The Morgan fingerprint density at radius 2 is 1.79 bits per heavy atom. The van der Waals surface area contributed by atoms with E-state index in [1.165, 1.54) is 39.6 Å². The van der Waals surface area contributed by atoms with Crippen LogP contribution in [0.1, 0.15) is 36.0 Å². The second-order valence-corrected chi connectivity index (χ2v) is 9.69. The van der Waals surface area contributed by atoms with Gasteiger partial charge in [0.25, 0.3) is 5.91 Å². The van der Waals surface area contributed by atoms with Gasteiger partial charge in [0.05, 0.1) is 0 Å². The monoisotopic (exact) mass is 495 g/mol. The summed E-state index contributed by atoms with van der Waals surface area (Å²) < 4.78 is 37.2. The lowest BCUT2D eigenvalue weighted by Gasteiger charge is -2.30. The Kier molecular flexibility index (Phi) is 7.24. The zero-order chi connectivity index (χ0) is 24.4. The Hall–Kier alpha value is -2.77. The van der Waals surface area contributed by atoms with Crippen molar-refractivity contribution in [1.82, 2.24) is 5.32 Å². The maximum atomic E-state index is 13.1. The number of carbonyl (C=O) groups is 2. The number of fused-ring (bicyclic) bond motifs is 1. The fourth-order valence-electron chi connectivity index (χ4n) is 3.02. The third kappa shape index (κ3) is 5.78. The SMILES string of the molecule is CC(C)C(C)(NC(=O)c1sc2ccccc2c1OCc1ccc(OC(F)(F)P)cc1)C(=O)O. The van der Waals surface area contributed by atoms with Crippen LogP contribution in [0.4, 0.5) is 8.78 Å². The van der Waals surface area contributed by atoms with Gasteiger partial charge in [-0.05, 0) is 51.9 Å². The van der Waals surface area contributed by atoms with E-state index in [9.17, 15) is 23.5 Å². The molecule has 6 nitrogen and oxygen atoms in total. The fourth-order valence-corrected chi connectivity index (χ4v) is 4.20. The molecule has 0 radical (unpaired) electrons. The van der Waals surface area contributed by atoms with Crippen LogP contribution in [0, 0.1) is 5.92 Å². The number of thiophene rings is 1. The van der Waals surface area contributed by atoms with Crippen molar-refractivity contribution < 1.29 is 33.0 Å². The molecule has 0 aliphatic rings. The van der Waals surface area contributed by atoms with E-state index in [1.807, 2.05) is 24.3 Å². The summed E-state index contributed by atoms with van der Waals surface area (Å²) in [6.07, 6.45) is 0. The molecule has 0 bridgehead atoms. The van der Waals surface area contributed by atoms with Gasteiger partial charge in [0.15, 0.2) is 5.75 Å². The van der Waals surface area contributed by atoms with E-state index in [0.29, 0.717) is 11.3 Å². The summed E-state index contributed by atoms with van der Waals surface area (Å²) in [5, 5.41) is 13.0. The highest BCUT2D eigenvalue weighted by Crippen LogP contribution is 2.39. The van der Waals surface area contributed by atoms with Crippen molar-refractivity contribution in [2.75, 3.05) is 0 Å². The molecule has 33 heavy (non-hydrogen) atoms. The second-order valence-electron chi connectivity index (χ2n) is 7.97. The largest absolute Gasteiger partial charge is 0.487 e. The molecule has 2 aromatic carbocycles. The molecule has 1 amide bonds. The molecule has 176 valence electrons. The first-order valence-electron chi connectivity index (χ1n) is 10.1. The van der Waals surface area contributed by atoms with E-state index in [0.717, 1.165) is 10.1 Å². The van der Waals surface area contributed by atoms with Gasteiger partial charge in [0.2, 0.25) is 0 Å². The number of carboxylic acid groups (broad SMARTS) is 1. The van der Waals surface area contributed by atoms with Crippen LogP contribution in [-0.2, 0) is 11.4 Å². The van der Waals surface area contributed by atoms with Crippen LogP contribution in [0.2, 0.25) is 0 Å². The molecule has 0 spiro atoms. The summed E-state index contributed by atoms with van der Waals surface area (Å²) >= 11 is 1.20. The molecule has 0 aliphatic heterocycles. The fraction of sp³-hybridized carbons (Fsp3) is 0.304. The van der Waals surface area contributed by atoms with E-state index in [4.69, 9.17) is 4.74 Å². The van der Waals surface area contributed by atoms with Crippen molar-refractivity contribution in [1.29, 1.82) is 0 Å². The van der Waals surface area contributed by atoms with Crippen LogP contribution < -0.4 is 14.8 Å². The molecule has 10 heteroatoms. The van der Waals surface area contributed by atoms with Gasteiger partial charge in [-0.1, -0.05) is 38.1 Å². The van der Waals surface area contributed by atoms with Crippen LogP contribution in [0.3, 0.4) is 0 Å². The third-order valence-electron chi connectivity index (χ3n) is 5.29. The van der Waals surface area contributed by atoms with Gasteiger partial charge < -0.3 is 19.9 Å². The minimum atomic E-state index is -3.36. The zero-order valence-electron chi connectivity index (χ0n) is 18.2. The number of nitrogens with one attached hydrogen (secondary N) is 1. The van der Waals surface area contributed by atoms with E-state index in [2.05, 4.69) is 10.1 Å². The van der Waals surface area contributed by atoms with Crippen LogP contribution in [0.5, 0.6) is 11.5 Å². The summed E-state index contributed by atoms with van der Waals surface area (Å²) in [4.78, 5) is 25.2. The number of carboxylic acids is 1. The Bertz CT molecular complexity index is 1160. The topological polar surface area (TPSA) is 84.9 Å². The molecule has 0 saturated heterocycles. The average Bonchev–Trinajstić information content (AvgIpc) is 3.10. The van der Waals surface area contributed by atoms with Gasteiger partial charge in [-0.2, -0.15) is 8.78 Å². The first-order chi connectivity index (χ1) is 15.4. The highest BCUT2D eigenvalue weighted by Gasteiger charge is 2.39. The Morgan fingerprint density at radius 3 is 2.36 bits per heavy atom. The van der Waals surface area contributed by atoms with Crippen LogP contribution in [-0.4, -0.2) is 28.4 Å². The number of carbonyl (C=O) groups excluding carboxylic acids is 1. The third-order valence-corrected chi connectivity index (χ3v) is 6.56. The lowest BCUT2D eigenvalue weighted by molar-refractivity contribution is -0.145. The van der Waals surface area contributed by atoms with Crippen molar-refractivity contribution in [3.63, 3.8) is 0 Å². The molecule has 2 atom stereocenters. The van der Waals surface area contributed by atoms with Gasteiger partial charge in [-0.15, -0.1) is 11.3 Å². The molecule has 0 fully saturated rings. The van der Waals surface area contributed by atoms with E-state index >= 15 is 0 Å². The molecular formula is C23H24F2NO5PS. The number of hydrogen-bond donors (Lipinski definition) is 2. The van der Waals surface area contributed by atoms with Crippen LogP contribution >= 0.6 is 20.6 Å². The van der Waals surface area contributed by atoms with Gasteiger partial charge in [0.1, 0.15) is 22.8 Å². The molecule has 3 aromatic rings. The lowest BCUT2D eigenvalue weighted by Crippen LogP contribution is -2.55. The Balaban J connectivity index is 1.86. The summed E-state index contributed by atoms with van der Waals surface area (Å²) in [5.74, 6) is -5.06. The van der Waals surface area contributed by atoms with Crippen molar-refractivity contribution in [3.05, 3.63) is 59.0 Å². The molecule has 2 N–H and O–H groups in total. The minimum Gasteiger partial charge on any atom is -0.487 e. The molecule has 2 unspecified atom stereocenters. The lowest BCUT2D eigenvalue weighted by atomic mass is 9.88. The normalized spacial score (nSPS) is 13.5. The zero-order valence-corrected chi connectivity index (χ0v) is 20.2. The smallest absolute Gasteiger partial charge is 0.408 e. The summed E-state index contributed by atoms with van der Waals surface area (Å²) in [7, 11) is 1.31. The van der Waals surface area contributed by atoms with Crippen LogP contribution in [0.25, 0.3) is 10.1 Å². The Labute approximate surface area is 196 Å². The first-order valence-corrected chi connectivity index (χ1v) is 11.4. The number of amides is 1. The van der Waals surface area contributed by atoms with E-state index in [-0.39, 0.29) is 23.2 Å². The number of halogens is 2. The summed E-state index contributed by atoms with van der Waals surface area (Å²) in [6, 6.07) is 13.3. The van der Waals surface area contributed by atoms with Crippen molar-refractivity contribution in [2.45, 2.75) is 38.8 Å². The van der Waals surface area contributed by atoms with Gasteiger partial charge in [0, 0.05) is 10.1 Å². The number of alkyl halides is 2. The average molecular weight is 495 g/mol. The van der Waals surface area contributed by atoms with Crippen molar-refractivity contribution in [3.8, 4) is 11.5 Å². The molecule has 1 aromatic heterocycles. The number of ether oxygens (including phenoxy) is 2. The van der Waals surface area contributed by atoms with Gasteiger partial charge >= 0.3 is 11.8 Å². The number of aliphatic carboxylic acids is 1. The summed E-state index contributed by atoms with van der Waals surface area (Å²) in [6.45, 7) is 4.97. The second kappa shape index (κ2) is 9.61.